The Kier molecular flexibility index (Phi) is 7.42. The minimum absolute atomic E-state index is 0.0820. The van der Waals surface area contributed by atoms with Gasteiger partial charge in [-0.05, 0) is 54.3 Å². The van der Waals surface area contributed by atoms with Crippen LogP contribution in [0.3, 0.4) is 0 Å². The van der Waals surface area contributed by atoms with Crippen molar-refractivity contribution in [2.75, 3.05) is 22.5 Å². The van der Waals surface area contributed by atoms with E-state index in [9.17, 15) is 4.79 Å². The Hall–Kier alpha value is -3.95. The maximum atomic E-state index is 13.2. The number of thiazole rings is 1. The number of rotatable bonds is 9. The largest absolute Gasteiger partial charge is 0.332 e. The van der Waals surface area contributed by atoms with Gasteiger partial charge in [0.15, 0.2) is 10.3 Å². The molecule has 2 aromatic heterocycles. The number of nitrogens with zero attached hydrogens (tertiary/aromatic N) is 5. The minimum atomic E-state index is 0.0820. The first-order chi connectivity index (χ1) is 19.2. The van der Waals surface area contributed by atoms with Crippen molar-refractivity contribution in [3.05, 3.63) is 107 Å². The highest BCUT2D eigenvalue weighted by molar-refractivity contribution is 7.99. The molecule has 1 aliphatic heterocycles. The van der Waals surface area contributed by atoms with Crippen LogP contribution in [0.25, 0.3) is 5.69 Å². The number of benzene rings is 3. The number of hydrogen-bond donors (Lipinski definition) is 1. The van der Waals surface area contributed by atoms with E-state index in [0.717, 1.165) is 53.1 Å². The summed E-state index contributed by atoms with van der Waals surface area (Å²) in [6, 6.07) is 26.6. The zero-order valence-electron chi connectivity index (χ0n) is 21.6. The molecule has 1 amide bonds. The van der Waals surface area contributed by atoms with Crippen LogP contribution >= 0.6 is 23.1 Å². The second kappa shape index (κ2) is 11.4. The van der Waals surface area contributed by atoms with Crippen LogP contribution in [0.1, 0.15) is 29.6 Å². The lowest BCUT2D eigenvalue weighted by molar-refractivity contribution is -0.116. The molecule has 6 rings (SSSR count). The maximum Gasteiger partial charge on any atom is 0.237 e. The van der Waals surface area contributed by atoms with Crippen molar-refractivity contribution in [2.45, 2.75) is 31.3 Å². The molecule has 0 radical (unpaired) electrons. The summed E-state index contributed by atoms with van der Waals surface area (Å²) in [5.41, 5.74) is 6.40. The number of aromatic nitrogens is 4. The number of amides is 1. The van der Waals surface area contributed by atoms with Crippen molar-refractivity contribution < 1.29 is 4.79 Å². The Morgan fingerprint density at radius 2 is 1.79 bits per heavy atom. The molecule has 5 aromatic rings. The predicted octanol–water partition coefficient (Wildman–Crippen LogP) is 6.30. The quantitative estimate of drug-likeness (QED) is 0.216. The molecule has 0 aliphatic carbocycles. The van der Waals surface area contributed by atoms with Crippen LogP contribution in [0.15, 0.2) is 89.4 Å². The van der Waals surface area contributed by atoms with Gasteiger partial charge in [-0.3, -0.25) is 9.36 Å². The molecule has 39 heavy (non-hydrogen) atoms. The monoisotopic (exact) mass is 552 g/mol. The molecule has 0 saturated carbocycles. The molecule has 3 aromatic carbocycles. The van der Waals surface area contributed by atoms with Gasteiger partial charge in [-0.25, -0.2) is 4.98 Å². The average Bonchev–Trinajstić information content (AvgIpc) is 3.71. The SMILES string of the molecule is CCc1ccc(-n2c(Cc3csc(Nc4ccccc4)n3)nnc2SCC(=O)N2CCc3ccccc32)cc1. The van der Waals surface area contributed by atoms with E-state index in [0.29, 0.717) is 17.3 Å². The van der Waals surface area contributed by atoms with Gasteiger partial charge in [0, 0.05) is 29.0 Å². The fourth-order valence-corrected chi connectivity index (χ4v) is 6.28. The van der Waals surface area contributed by atoms with Crippen molar-refractivity contribution in [3.8, 4) is 5.69 Å². The number of carbonyl (C=O) groups is 1. The lowest BCUT2D eigenvalue weighted by Gasteiger charge is -2.17. The summed E-state index contributed by atoms with van der Waals surface area (Å²) in [4.78, 5) is 19.9. The van der Waals surface area contributed by atoms with Crippen molar-refractivity contribution in [3.63, 3.8) is 0 Å². The lowest BCUT2D eigenvalue weighted by atomic mass is 10.1. The van der Waals surface area contributed by atoms with Crippen LogP contribution in [0.5, 0.6) is 0 Å². The number of hydrogen-bond acceptors (Lipinski definition) is 7. The first-order valence-corrected chi connectivity index (χ1v) is 14.9. The van der Waals surface area contributed by atoms with E-state index in [4.69, 9.17) is 4.98 Å². The van der Waals surface area contributed by atoms with Crippen molar-refractivity contribution in [2.24, 2.45) is 0 Å². The van der Waals surface area contributed by atoms with Gasteiger partial charge in [-0.15, -0.1) is 21.5 Å². The zero-order valence-corrected chi connectivity index (χ0v) is 23.2. The Morgan fingerprint density at radius 3 is 2.62 bits per heavy atom. The molecule has 3 heterocycles. The molecule has 9 heteroatoms. The first kappa shape index (κ1) is 25.3. The van der Waals surface area contributed by atoms with E-state index in [1.807, 2.05) is 58.8 Å². The van der Waals surface area contributed by atoms with Crippen LogP contribution in [-0.4, -0.2) is 38.0 Å². The van der Waals surface area contributed by atoms with Crippen LogP contribution < -0.4 is 10.2 Å². The van der Waals surface area contributed by atoms with Crippen LogP contribution in [0.2, 0.25) is 0 Å². The van der Waals surface area contributed by atoms with E-state index < -0.39 is 0 Å². The van der Waals surface area contributed by atoms with Gasteiger partial charge >= 0.3 is 0 Å². The Bertz CT molecular complexity index is 1580. The third kappa shape index (κ3) is 5.60. The van der Waals surface area contributed by atoms with E-state index in [1.165, 1.54) is 22.9 Å². The highest BCUT2D eigenvalue weighted by atomic mass is 32.2. The molecule has 196 valence electrons. The molecule has 0 atom stereocenters. The molecule has 0 bridgehead atoms. The van der Waals surface area contributed by atoms with Gasteiger partial charge in [0.1, 0.15) is 5.82 Å². The van der Waals surface area contributed by atoms with E-state index in [1.54, 1.807) is 11.3 Å². The summed E-state index contributed by atoms with van der Waals surface area (Å²) in [7, 11) is 0. The summed E-state index contributed by atoms with van der Waals surface area (Å²) < 4.78 is 2.05. The van der Waals surface area contributed by atoms with Crippen LogP contribution in [0, 0.1) is 0 Å². The van der Waals surface area contributed by atoms with E-state index in [2.05, 4.69) is 57.3 Å². The number of para-hydroxylation sites is 2. The number of fused-ring (bicyclic) bond motifs is 1. The average molecular weight is 553 g/mol. The molecule has 7 nitrogen and oxygen atoms in total. The summed E-state index contributed by atoms with van der Waals surface area (Å²) in [5.74, 6) is 1.16. The lowest BCUT2D eigenvalue weighted by Crippen LogP contribution is -2.30. The van der Waals surface area contributed by atoms with E-state index >= 15 is 0 Å². The van der Waals surface area contributed by atoms with Crippen molar-refractivity contribution >= 4 is 45.5 Å². The number of thioether (sulfide) groups is 1. The Morgan fingerprint density at radius 1 is 1.00 bits per heavy atom. The summed E-state index contributed by atoms with van der Waals surface area (Å²) in [6.07, 6.45) is 2.40. The Labute approximate surface area is 235 Å². The van der Waals surface area contributed by atoms with Gasteiger partial charge in [0.25, 0.3) is 0 Å². The van der Waals surface area contributed by atoms with Gasteiger partial charge in [0.2, 0.25) is 5.91 Å². The second-order valence-electron chi connectivity index (χ2n) is 9.28. The topological polar surface area (TPSA) is 75.9 Å². The first-order valence-electron chi connectivity index (χ1n) is 13.0. The van der Waals surface area contributed by atoms with Gasteiger partial charge in [-0.2, -0.15) is 0 Å². The number of anilines is 3. The fourth-order valence-electron chi connectivity index (χ4n) is 4.70. The number of aryl methyl sites for hydroxylation is 1. The number of nitrogens with one attached hydrogen (secondary N) is 1. The van der Waals surface area contributed by atoms with Crippen LogP contribution in [0.4, 0.5) is 16.5 Å². The second-order valence-corrected chi connectivity index (χ2v) is 11.1. The van der Waals surface area contributed by atoms with Gasteiger partial charge < -0.3 is 10.2 Å². The summed E-state index contributed by atoms with van der Waals surface area (Å²) in [5, 5.41) is 16.0. The Balaban J connectivity index is 1.23. The smallest absolute Gasteiger partial charge is 0.237 e. The minimum Gasteiger partial charge on any atom is -0.332 e. The van der Waals surface area contributed by atoms with Crippen molar-refractivity contribution in [1.82, 2.24) is 19.7 Å². The van der Waals surface area contributed by atoms with E-state index in [-0.39, 0.29) is 5.91 Å². The molecule has 0 saturated heterocycles. The highest BCUT2D eigenvalue weighted by Gasteiger charge is 2.25. The van der Waals surface area contributed by atoms with Crippen molar-refractivity contribution in [1.29, 1.82) is 0 Å². The zero-order chi connectivity index (χ0) is 26.6. The molecule has 0 fully saturated rings. The fraction of sp³-hybridized carbons (Fsp3) is 0.200. The molecule has 1 N–H and O–H groups in total. The molecular formula is C30H28N6OS2. The molecule has 0 spiro atoms. The maximum absolute atomic E-state index is 13.2. The molecule has 1 aliphatic rings. The molecule has 0 unspecified atom stereocenters. The summed E-state index contributed by atoms with van der Waals surface area (Å²) in [6.45, 7) is 2.87. The normalized spacial score (nSPS) is 12.5. The third-order valence-corrected chi connectivity index (χ3v) is 8.45. The highest BCUT2D eigenvalue weighted by Crippen LogP contribution is 2.30. The van der Waals surface area contributed by atoms with Gasteiger partial charge in [0.05, 0.1) is 17.9 Å². The standard InChI is InChI=1S/C30H28N6OS2/c1-2-21-12-14-25(15-13-21)36-27(18-24-19-38-29(32-24)31-23-9-4-3-5-10-23)33-34-30(36)39-20-28(37)35-17-16-22-8-6-7-11-26(22)35/h3-15,19H,2,16-18,20H2,1H3,(H,31,32). The van der Waals surface area contributed by atoms with Crippen LogP contribution in [-0.2, 0) is 24.1 Å². The summed E-state index contributed by atoms with van der Waals surface area (Å²) >= 11 is 2.99. The predicted molar refractivity (Wildman–Crippen MR) is 159 cm³/mol. The molecular weight excluding hydrogens is 525 g/mol. The number of carbonyl (C=O) groups excluding carboxylic acids is 1. The van der Waals surface area contributed by atoms with Gasteiger partial charge in [-0.1, -0.05) is 67.2 Å². The third-order valence-electron chi connectivity index (χ3n) is 6.73.